The molecule has 5 fully saturated rings. The SMILES string of the molecule is CCOc1ccc2c(C#N)c(-c3ccc(NC(=O)OC4C5CC6CC(C5)CC4C6)cc3)n(C3CCC3)c2c1. The van der Waals surface area contributed by atoms with Crippen LogP contribution < -0.4 is 10.1 Å². The number of rotatable bonds is 6. The zero-order valence-corrected chi connectivity index (χ0v) is 22.0. The molecule has 8 rings (SSSR count). The van der Waals surface area contributed by atoms with Crippen LogP contribution in [0.15, 0.2) is 42.5 Å². The Morgan fingerprint density at radius 3 is 2.34 bits per heavy atom. The molecular formula is C32H35N3O3. The van der Waals surface area contributed by atoms with E-state index in [1.807, 2.05) is 43.3 Å². The molecule has 5 saturated carbocycles. The Morgan fingerprint density at radius 2 is 1.74 bits per heavy atom. The second-order valence-corrected chi connectivity index (χ2v) is 11.9. The Bertz CT molecular complexity index is 1380. The molecule has 0 atom stereocenters. The molecule has 2 aromatic carbocycles. The topological polar surface area (TPSA) is 76.3 Å². The molecule has 1 N–H and O–H groups in total. The third-order valence-corrected chi connectivity index (χ3v) is 9.63. The van der Waals surface area contributed by atoms with Gasteiger partial charge >= 0.3 is 6.09 Å². The summed E-state index contributed by atoms with van der Waals surface area (Å²) < 4.78 is 14.1. The number of nitriles is 1. The molecular weight excluding hydrogens is 474 g/mol. The van der Waals surface area contributed by atoms with Crippen molar-refractivity contribution in [2.75, 3.05) is 11.9 Å². The average Bonchev–Trinajstić information content (AvgIpc) is 3.19. The number of nitrogens with zero attached hydrogens (tertiary/aromatic N) is 2. The van der Waals surface area contributed by atoms with E-state index in [-0.39, 0.29) is 12.2 Å². The number of fused-ring (bicyclic) bond motifs is 1. The van der Waals surface area contributed by atoms with Crippen molar-refractivity contribution in [3.05, 3.63) is 48.0 Å². The summed E-state index contributed by atoms with van der Waals surface area (Å²) >= 11 is 0. The van der Waals surface area contributed by atoms with Crippen molar-refractivity contribution in [3.8, 4) is 23.1 Å². The van der Waals surface area contributed by atoms with Gasteiger partial charge in [-0.05, 0) is 112 Å². The Kier molecular flexibility index (Phi) is 5.83. The lowest BCUT2D eigenvalue weighted by atomic mass is 9.55. The van der Waals surface area contributed by atoms with Crippen molar-refractivity contribution in [2.24, 2.45) is 23.7 Å². The van der Waals surface area contributed by atoms with E-state index in [0.717, 1.165) is 52.6 Å². The second-order valence-electron chi connectivity index (χ2n) is 11.9. The zero-order chi connectivity index (χ0) is 25.8. The fraction of sp³-hybridized carbons (Fsp3) is 0.500. The molecule has 5 aliphatic carbocycles. The van der Waals surface area contributed by atoms with Gasteiger partial charge in [-0.2, -0.15) is 5.26 Å². The van der Waals surface area contributed by atoms with Crippen LogP contribution in [0.1, 0.15) is 69.9 Å². The first-order chi connectivity index (χ1) is 18.6. The van der Waals surface area contributed by atoms with Crippen molar-refractivity contribution >= 4 is 22.7 Å². The van der Waals surface area contributed by atoms with Crippen LogP contribution in [0, 0.1) is 35.0 Å². The molecule has 5 aliphatic rings. The third-order valence-electron chi connectivity index (χ3n) is 9.63. The van der Waals surface area contributed by atoms with Crippen molar-refractivity contribution in [1.82, 2.24) is 4.57 Å². The smallest absolute Gasteiger partial charge is 0.411 e. The highest BCUT2D eigenvalue weighted by molar-refractivity contribution is 5.96. The summed E-state index contributed by atoms with van der Waals surface area (Å²) in [5, 5.41) is 14.1. The standard InChI is InChI=1S/C32H35N3O3/c1-2-37-26-10-11-27-28(18-33)30(35(29(27)17-26)25-4-3-5-25)21-6-8-24(9-7-21)34-32(36)38-31-22-13-19-12-20(15-22)16-23(31)14-19/h6-11,17,19-20,22-23,25,31H,2-5,12-16H2,1H3,(H,34,36). The van der Waals surface area contributed by atoms with Gasteiger partial charge in [0.2, 0.25) is 0 Å². The highest BCUT2D eigenvalue weighted by Crippen LogP contribution is 2.54. The molecule has 38 heavy (non-hydrogen) atoms. The number of hydrogen-bond donors (Lipinski definition) is 1. The normalized spacial score (nSPS) is 27.6. The number of aromatic nitrogens is 1. The molecule has 0 radical (unpaired) electrons. The van der Waals surface area contributed by atoms with Crippen LogP contribution in [-0.4, -0.2) is 23.4 Å². The Hall–Kier alpha value is -3.46. The van der Waals surface area contributed by atoms with Crippen LogP contribution in [0.2, 0.25) is 0 Å². The summed E-state index contributed by atoms with van der Waals surface area (Å²) in [7, 11) is 0. The summed E-state index contributed by atoms with van der Waals surface area (Å²) in [4.78, 5) is 12.9. The van der Waals surface area contributed by atoms with Gasteiger partial charge in [0, 0.05) is 23.2 Å². The fourth-order valence-electron chi connectivity index (χ4n) is 8.02. The van der Waals surface area contributed by atoms with Gasteiger partial charge in [0.05, 0.1) is 23.4 Å². The first kappa shape index (κ1) is 23.6. The van der Waals surface area contributed by atoms with E-state index < -0.39 is 0 Å². The van der Waals surface area contributed by atoms with Gasteiger partial charge in [-0.15, -0.1) is 0 Å². The van der Waals surface area contributed by atoms with E-state index in [1.54, 1.807) is 0 Å². The Balaban J connectivity index is 1.14. The van der Waals surface area contributed by atoms with Crippen molar-refractivity contribution in [1.29, 1.82) is 5.26 Å². The molecule has 3 aromatic rings. The number of hydrogen-bond acceptors (Lipinski definition) is 4. The number of amides is 1. The third kappa shape index (κ3) is 3.95. The molecule has 1 aromatic heterocycles. The minimum absolute atomic E-state index is 0.0695. The predicted molar refractivity (Wildman–Crippen MR) is 147 cm³/mol. The summed E-state index contributed by atoms with van der Waals surface area (Å²) in [5.74, 6) is 3.62. The summed E-state index contributed by atoms with van der Waals surface area (Å²) in [6.45, 7) is 2.59. The largest absolute Gasteiger partial charge is 0.494 e. The molecule has 196 valence electrons. The molecule has 6 nitrogen and oxygen atoms in total. The second kappa shape index (κ2) is 9.38. The van der Waals surface area contributed by atoms with Gasteiger partial charge in [-0.1, -0.05) is 12.1 Å². The molecule has 0 saturated heterocycles. The maximum absolute atomic E-state index is 12.9. The minimum Gasteiger partial charge on any atom is -0.494 e. The van der Waals surface area contributed by atoms with E-state index in [2.05, 4.69) is 22.0 Å². The summed E-state index contributed by atoms with van der Waals surface area (Å²) in [5.41, 5.74) is 4.38. The molecule has 0 unspecified atom stereocenters. The lowest BCUT2D eigenvalue weighted by Gasteiger charge is -2.53. The van der Waals surface area contributed by atoms with Crippen LogP contribution in [0.5, 0.6) is 5.75 Å². The maximum Gasteiger partial charge on any atom is 0.411 e. The van der Waals surface area contributed by atoms with Gasteiger partial charge in [-0.25, -0.2) is 4.79 Å². The Labute approximate surface area is 223 Å². The molecule has 1 amide bonds. The molecule has 6 heteroatoms. The predicted octanol–water partition coefficient (Wildman–Crippen LogP) is 7.68. The fourth-order valence-corrected chi connectivity index (χ4v) is 8.02. The molecule has 0 aliphatic heterocycles. The van der Waals surface area contributed by atoms with Gasteiger partial charge < -0.3 is 14.0 Å². The number of carbonyl (C=O) groups is 1. The van der Waals surface area contributed by atoms with Crippen LogP contribution in [0.25, 0.3) is 22.2 Å². The van der Waals surface area contributed by atoms with Crippen LogP contribution in [0.3, 0.4) is 0 Å². The minimum atomic E-state index is -0.347. The lowest BCUT2D eigenvalue weighted by molar-refractivity contribution is -0.0933. The maximum atomic E-state index is 12.9. The van der Waals surface area contributed by atoms with Crippen molar-refractivity contribution < 1.29 is 14.3 Å². The number of anilines is 1. The van der Waals surface area contributed by atoms with E-state index in [0.29, 0.717) is 35.7 Å². The Morgan fingerprint density at radius 1 is 1.03 bits per heavy atom. The van der Waals surface area contributed by atoms with E-state index in [4.69, 9.17) is 9.47 Å². The number of carbonyl (C=O) groups excluding carboxylic acids is 1. The summed E-state index contributed by atoms with van der Waals surface area (Å²) in [6.07, 6.45) is 9.42. The highest BCUT2D eigenvalue weighted by atomic mass is 16.6. The van der Waals surface area contributed by atoms with E-state index >= 15 is 0 Å². The number of benzene rings is 2. The number of nitrogens with one attached hydrogen (secondary N) is 1. The van der Waals surface area contributed by atoms with Crippen molar-refractivity contribution in [3.63, 3.8) is 0 Å². The van der Waals surface area contributed by atoms with Crippen LogP contribution in [0.4, 0.5) is 10.5 Å². The molecule has 1 heterocycles. The quantitative estimate of drug-likeness (QED) is 0.370. The van der Waals surface area contributed by atoms with Crippen molar-refractivity contribution in [2.45, 2.75) is 70.4 Å². The molecule has 4 bridgehead atoms. The van der Waals surface area contributed by atoms with E-state index in [1.165, 1.54) is 38.5 Å². The highest BCUT2D eigenvalue weighted by Gasteiger charge is 2.50. The average molecular weight is 510 g/mol. The monoisotopic (exact) mass is 509 g/mol. The van der Waals surface area contributed by atoms with Gasteiger partial charge in [0.25, 0.3) is 0 Å². The molecule has 0 spiro atoms. The van der Waals surface area contributed by atoms with E-state index in [9.17, 15) is 10.1 Å². The van der Waals surface area contributed by atoms with Gasteiger partial charge in [0.1, 0.15) is 17.9 Å². The van der Waals surface area contributed by atoms with Crippen LogP contribution in [-0.2, 0) is 4.74 Å². The number of ether oxygens (including phenoxy) is 2. The van der Waals surface area contributed by atoms with Crippen LogP contribution >= 0.6 is 0 Å². The van der Waals surface area contributed by atoms with Gasteiger partial charge in [-0.3, -0.25) is 5.32 Å². The lowest BCUT2D eigenvalue weighted by Crippen LogP contribution is -2.50. The van der Waals surface area contributed by atoms with Gasteiger partial charge in [0.15, 0.2) is 0 Å². The zero-order valence-electron chi connectivity index (χ0n) is 22.0. The first-order valence-electron chi connectivity index (χ1n) is 14.4. The first-order valence-corrected chi connectivity index (χ1v) is 14.4. The summed E-state index contributed by atoms with van der Waals surface area (Å²) in [6, 6.07) is 16.7.